The predicted octanol–water partition coefficient (Wildman–Crippen LogP) is 2.34. The van der Waals surface area contributed by atoms with Crippen LogP contribution in [0, 0.1) is 6.92 Å². The Labute approximate surface area is 137 Å². The minimum Gasteiger partial charge on any atom is -0.465 e. The van der Waals surface area contributed by atoms with Gasteiger partial charge in [-0.1, -0.05) is 15.9 Å². The maximum Gasteiger partial charge on any atom is 0.326 e. The molecule has 8 heteroatoms. The smallest absolute Gasteiger partial charge is 0.326 e. The molecular formula is C13H13Br2N3O3. The van der Waals surface area contributed by atoms with Gasteiger partial charge in [0.25, 0.3) is 5.56 Å². The Balaban J connectivity index is 2.46. The van der Waals surface area contributed by atoms with Gasteiger partial charge in [-0.25, -0.2) is 9.66 Å². The lowest BCUT2D eigenvalue weighted by Gasteiger charge is -2.13. The van der Waals surface area contributed by atoms with E-state index in [1.165, 1.54) is 4.68 Å². The van der Waals surface area contributed by atoms with Crippen molar-refractivity contribution in [3.63, 3.8) is 0 Å². The first-order valence-corrected chi connectivity index (χ1v) is 7.80. The van der Waals surface area contributed by atoms with Crippen LogP contribution in [0.3, 0.4) is 0 Å². The second-order valence-electron chi connectivity index (χ2n) is 4.22. The summed E-state index contributed by atoms with van der Waals surface area (Å²) in [6.45, 7) is 3.61. The molecule has 0 spiro atoms. The second kappa shape index (κ2) is 6.57. The lowest BCUT2D eigenvalue weighted by Crippen LogP contribution is -2.35. The van der Waals surface area contributed by atoms with Gasteiger partial charge in [0.05, 0.1) is 17.5 Å². The highest BCUT2D eigenvalue weighted by Gasteiger charge is 2.12. The van der Waals surface area contributed by atoms with Crippen LogP contribution >= 0.6 is 31.9 Å². The molecule has 2 aromatic rings. The van der Waals surface area contributed by atoms with Crippen molar-refractivity contribution < 1.29 is 9.53 Å². The van der Waals surface area contributed by atoms with Gasteiger partial charge in [0.15, 0.2) is 0 Å². The first kappa shape index (κ1) is 16.0. The lowest BCUT2D eigenvalue weighted by molar-refractivity contribution is -0.141. The minimum atomic E-state index is -0.431. The number of aryl methyl sites for hydroxylation is 1. The quantitative estimate of drug-likeness (QED) is 0.771. The zero-order valence-corrected chi connectivity index (χ0v) is 14.6. The second-order valence-corrected chi connectivity index (χ2v) is 5.99. The highest BCUT2D eigenvalue weighted by molar-refractivity contribution is 9.11. The van der Waals surface area contributed by atoms with Crippen LogP contribution in [-0.2, 0) is 9.53 Å². The molecule has 0 aliphatic heterocycles. The predicted molar refractivity (Wildman–Crippen MR) is 87.0 cm³/mol. The summed E-state index contributed by atoms with van der Waals surface area (Å²) in [7, 11) is 0. The molecule has 1 N–H and O–H groups in total. The SMILES string of the molecule is CCOC(=O)CNn1c(C)nc2c(Br)cc(Br)cc2c1=O. The van der Waals surface area contributed by atoms with Gasteiger partial charge in [-0.2, -0.15) is 0 Å². The van der Waals surface area contributed by atoms with Gasteiger partial charge in [-0.3, -0.25) is 9.59 Å². The molecule has 0 atom stereocenters. The van der Waals surface area contributed by atoms with Crippen LogP contribution in [0.25, 0.3) is 10.9 Å². The monoisotopic (exact) mass is 417 g/mol. The molecule has 0 fully saturated rings. The standard InChI is InChI=1S/C13H13Br2N3O3/c1-3-21-11(19)6-16-18-7(2)17-12-9(13(18)20)4-8(14)5-10(12)15/h4-5,16H,3,6H2,1-2H3. The van der Waals surface area contributed by atoms with Gasteiger partial charge in [0, 0.05) is 8.95 Å². The van der Waals surface area contributed by atoms with Crippen molar-refractivity contribution >= 4 is 48.7 Å². The summed E-state index contributed by atoms with van der Waals surface area (Å²) in [5.74, 6) is 0.0270. The van der Waals surface area contributed by atoms with E-state index in [2.05, 4.69) is 42.3 Å². The summed E-state index contributed by atoms with van der Waals surface area (Å²) in [6.07, 6.45) is 0. The molecule has 2 rings (SSSR count). The van der Waals surface area contributed by atoms with Crippen LogP contribution in [0.5, 0.6) is 0 Å². The number of nitrogens with zero attached hydrogens (tertiary/aromatic N) is 2. The third-order valence-electron chi connectivity index (χ3n) is 2.75. The van der Waals surface area contributed by atoms with Crippen molar-refractivity contribution in [1.82, 2.24) is 9.66 Å². The zero-order valence-electron chi connectivity index (χ0n) is 11.4. The van der Waals surface area contributed by atoms with Gasteiger partial charge in [-0.15, -0.1) is 0 Å². The van der Waals surface area contributed by atoms with Crippen LogP contribution in [-0.4, -0.2) is 28.8 Å². The van der Waals surface area contributed by atoms with Crippen molar-refractivity contribution in [1.29, 1.82) is 0 Å². The normalized spacial score (nSPS) is 10.7. The Morgan fingerprint density at radius 2 is 2.14 bits per heavy atom. The van der Waals surface area contributed by atoms with Gasteiger partial charge in [-0.05, 0) is 41.9 Å². The lowest BCUT2D eigenvalue weighted by atomic mass is 10.2. The highest BCUT2D eigenvalue weighted by atomic mass is 79.9. The fourth-order valence-electron chi connectivity index (χ4n) is 1.86. The number of esters is 1. The van der Waals surface area contributed by atoms with Gasteiger partial charge >= 0.3 is 5.97 Å². The Hall–Kier alpha value is -1.41. The van der Waals surface area contributed by atoms with Crippen LogP contribution in [0.15, 0.2) is 25.9 Å². The molecule has 0 bridgehead atoms. The number of hydrogen-bond acceptors (Lipinski definition) is 5. The largest absolute Gasteiger partial charge is 0.465 e. The van der Waals surface area contributed by atoms with E-state index in [0.717, 1.165) is 8.95 Å². The number of benzene rings is 1. The van der Waals surface area contributed by atoms with Crippen LogP contribution in [0.2, 0.25) is 0 Å². The summed E-state index contributed by atoms with van der Waals surface area (Å²) < 4.78 is 7.56. The molecule has 0 unspecified atom stereocenters. The molecular weight excluding hydrogens is 406 g/mol. The number of aromatic nitrogens is 2. The number of ether oxygens (including phenoxy) is 1. The van der Waals surface area contributed by atoms with Crippen molar-refractivity contribution in [3.05, 3.63) is 37.3 Å². The Kier molecular flexibility index (Phi) is 5.00. The average Bonchev–Trinajstić information content (AvgIpc) is 2.40. The zero-order chi connectivity index (χ0) is 15.6. The molecule has 0 aliphatic rings. The van der Waals surface area contributed by atoms with Gasteiger partial charge < -0.3 is 10.2 Å². The Morgan fingerprint density at radius 1 is 1.43 bits per heavy atom. The third kappa shape index (κ3) is 3.44. The number of rotatable bonds is 4. The maximum absolute atomic E-state index is 12.5. The highest BCUT2D eigenvalue weighted by Crippen LogP contribution is 2.25. The summed E-state index contributed by atoms with van der Waals surface area (Å²) in [5, 5.41) is 0.443. The molecule has 0 amide bonds. The molecule has 0 saturated heterocycles. The van der Waals surface area contributed by atoms with E-state index in [4.69, 9.17) is 4.74 Å². The van der Waals surface area contributed by atoms with Crippen molar-refractivity contribution in [2.45, 2.75) is 13.8 Å². The van der Waals surface area contributed by atoms with Gasteiger partial charge in [0.2, 0.25) is 0 Å². The van der Waals surface area contributed by atoms with Gasteiger partial charge in [0.1, 0.15) is 12.4 Å². The fraction of sp³-hybridized carbons (Fsp3) is 0.308. The molecule has 0 aliphatic carbocycles. The molecule has 6 nitrogen and oxygen atoms in total. The number of hydrogen-bond donors (Lipinski definition) is 1. The van der Waals surface area contributed by atoms with Crippen molar-refractivity contribution in [2.24, 2.45) is 0 Å². The number of halogens is 2. The summed E-state index contributed by atoms with van der Waals surface area (Å²) in [4.78, 5) is 28.2. The Morgan fingerprint density at radius 3 is 2.81 bits per heavy atom. The first-order chi connectivity index (χ1) is 9.93. The van der Waals surface area contributed by atoms with E-state index in [1.807, 2.05) is 6.07 Å². The third-order valence-corrected chi connectivity index (χ3v) is 3.81. The van der Waals surface area contributed by atoms with Crippen LogP contribution in [0.4, 0.5) is 0 Å². The van der Waals surface area contributed by atoms with E-state index in [0.29, 0.717) is 23.3 Å². The Bertz CT molecular complexity index is 758. The van der Waals surface area contributed by atoms with Crippen LogP contribution in [0.1, 0.15) is 12.7 Å². The number of carbonyl (C=O) groups excluding carboxylic acids is 1. The molecule has 0 radical (unpaired) electrons. The van der Waals surface area contributed by atoms with Crippen LogP contribution < -0.4 is 11.0 Å². The first-order valence-electron chi connectivity index (χ1n) is 6.22. The number of carbonyl (C=O) groups is 1. The van der Waals surface area contributed by atoms with E-state index >= 15 is 0 Å². The molecule has 0 saturated carbocycles. The summed E-state index contributed by atoms with van der Waals surface area (Å²) in [6, 6.07) is 3.52. The maximum atomic E-state index is 12.5. The summed E-state index contributed by atoms with van der Waals surface area (Å²) >= 11 is 6.73. The topological polar surface area (TPSA) is 73.2 Å². The molecule has 1 aromatic heterocycles. The molecule has 21 heavy (non-hydrogen) atoms. The van der Waals surface area contributed by atoms with Crippen molar-refractivity contribution in [3.8, 4) is 0 Å². The van der Waals surface area contributed by atoms with E-state index in [9.17, 15) is 9.59 Å². The summed E-state index contributed by atoms with van der Waals surface area (Å²) in [5.41, 5.74) is 3.04. The van der Waals surface area contributed by atoms with E-state index in [-0.39, 0.29) is 12.1 Å². The minimum absolute atomic E-state index is 0.100. The number of fused-ring (bicyclic) bond motifs is 1. The fourth-order valence-corrected chi connectivity index (χ4v) is 3.18. The van der Waals surface area contributed by atoms with Crippen molar-refractivity contribution in [2.75, 3.05) is 18.6 Å². The molecule has 1 aromatic carbocycles. The van der Waals surface area contributed by atoms with E-state index in [1.54, 1.807) is 19.9 Å². The molecule has 1 heterocycles. The molecule has 112 valence electrons. The average molecular weight is 419 g/mol. The number of nitrogens with one attached hydrogen (secondary N) is 1. The van der Waals surface area contributed by atoms with E-state index < -0.39 is 5.97 Å².